The van der Waals surface area contributed by atoms with Crippen molar-refractivity contribution in [3.63, 3.8) is 0 Å². The summed E-state index contributed by atoms with van der Waals surface area (Å²) in [6.45, 7) is 2.85. The van der Waals surface area contributed by atoms with Crippen LogP contribution in [0.4, 0.5) is 0 Å². The van der Waals surface area contributed by atoms with E-state index in [0.29, 0.717) is 5.75 Å². The molecule has 0 aromatic heterocycles. The second-order valence-corrected chi connectivity index (χ2v) is 7.05. The minimum absolute atomic E-state index is 0. The van der Waals surface area contributed by atoms with Gasteiger partial charge in [0.15, 0.2) is 0 Å². The van der Waals surface area contributed by atoms with E-state index in [1.807, 2.05) is 36.1 Å². The highest BCUT2D eigenvalue weighted by atomic mass is 35.5. The summed E-state index contributed by atoms with van der Waals surface area (Å²) >= 11 is 7.52. The van der Waals surface area contributed by atoms with Crippen LogP contribution in [0.3, 0.4) is 0 Å². The minimum atomic E-state index is 0. The van der Waals surface area contributed by atoms with Crippen LogP contribution in [0.2, 0.25) is 5.02 Å². The maximum Gasteiger partial charge on any atom is 0.232 e. The number of piperidine rings is 1. The molecule has 3 nitrogen and oxygen atoms in total. The van der Waals surface area contributed by atoms with Gasteiger partial charge in [-0.3, -0.25) is 4.79 Å². The number of amides is 1. The maximum atomic E-state index is 12.4. The largest absolute Gasteiger partial charge is 0.337 e. The van der Waals surface area contributed by atoms with E-state index in [4.69, 9.17) is 17.3 Å². The van der Waals surface area contributed by atoms with Crippen LogP contribution >= 0.6 is 35.8 Å². The molecule has 2 unspecified atom stereocenters. The summed E-state index contributed by atoms with van der Waals surface area (Å²) in [7, 11) is 0. The fourth-order valence-electron chi connectivity index (χ4n) is 2.73. The van der Waals surface area contributed by atoms with Gasteiger partial charge in [0, 0.05) is 29.4 Å². The predicted octanol–water partition coefficient (Wildman–Crippen LogP) is 3.72. The summed E-state index contributed by atoms with van der Waals surface area (Å²) in [5, 5.41) is 0.743. The lowest BCUT2D eigenvalue weighted by Crippen LogP contribution is -2.52. The van der Waals surface area contributed by atoms with Crippen molar-refractivity contribution >= 4 is 41.7 Å². The van der Waals surface area contributed by atoms with E-state index in [0.717, 1.165) is 30.2 Å². The molecule has 1 heterocycles. The zero-order chi connectivity index (χ0) is 15.2. The molecule has 1 aromatic rings. The molecular weight excluding hydrogens is 339 g/mol. The first kappa shape index (κ1) is 19.6. The number of halogens is 2. The topological polar surface area (TPSA) is 46.3 Å². The lowest BCUT2D eigenvalue weighted by atomic mass is 9.97. The Labute approximate surface area is 148 Å². The number of likely N-dealkylation sites (tertiary alicyclic amines) is 1. The Kier molecular flexibility index (Phi) is 8.62. The van der Waals surface area contributed by atoms with Gasteiger partial charge in [-0.1, -0.05) is 23.7 Å². The summed E-state index contributed by atoms with van der Waals surface area (Å²) in [5.41, 5.74) is 7.21. The number of nitrogens with zero attached hydrogens (tertiary/aromatic N) is 1. The van der Waals surface area contributed by atoms with Gasteiger partial charge in [0.05, 0.1) is 5.75 Å². The van der Waals surface area contributed by atoms with Crippen molar-refractivity contribution in [2.45, 2.75) is 44.0 Å². The van der Waals surface area contributed by atoms with Crippen molar-refractivity contribution in [1.29, 1.82) is 0 Å². The van der Waals surface area contributed by atoms with Crippen LogP contribution in [-0.2, 0) is 10.5 Å². The number of nitrogens with two attached hydrogens (primary N) is 1. The molecule has 1 aromatic carbocycles. The summed E-state index contributed by atoms with van der Waals surface area (Å²) in [5.74, 6) is 1.57. The third-order valence-corrected chi connectivity index (χ3v) is 5.12. The molecule has 124 valence electrons. The van der Waals surface area contributed by atoms with E-state index in [1.165, 1.54) is 12.0 Å². The van der Waals surface area contributed by atoms with Crippen LogP contribution in [0.25, 0.3) is 0 Å². The number of hydrogen-bond acceptors (Lipinski definition) is 3. The Balaban J connectivity index is 0.00000242. The van der Waals surface area contributed by atoms with Gasteiger partial charge < -0.3 is 10.6 Å². The van der Waals surface area contributed by atoms with Crippen molar-refractivity contribution in [1.82, 2.24) is 4.90 Å². The van der Waals surface area contributed by atoms with E-state index in [9.17, 15) is 4.79 Å². The van der Waals surface area contributed by atoms with Gasteiger partial charge in [0.25, 0.3) is 0 Å². The fraction of sp³-hybridized carbons (Fsp3) is 0.562. The Hall–Kier alpha value is -0.420. The SMILES string of the molecule is CC(N)C1CCCCN1C(=O)CSCc1ccc(Cl)cc1.Cl. The second-order valence-electron chi connectivity index (χ2n) is 5.63. The summed E-state index contributed by atoms with van der Waals surface area (Å²) in [4.78, 5) is 14.4. The quantitative estimate of drug-likeness (QED) is 0.867. The third kappa shape index (κ3) is 5.65. The molecule has 1 aliphatic heterocycles. The molecule has 0 bridgehead atoms. The summed E-state index contributed by atoms with van der Waals surface area (Å²) in [6.07, 6.45) is 3.30. The Morgan fingerprint density at radius 2 is 2.09 bits per heavy atom. The van der Waals surface area contributed by atoms with Crippen molar-refractivity contribution < 1.29 is 4.79 Å². The molecule has 1 amide bonds. The highest BCUT2D eigenvalue weighted by Crippen LogP contribution is 2.21. The van der Waals surface area contributed by atoms with Crippen LogP contribution in [0.1, 0.15) is 31.7 Å². The molecule has 0 radical (unpaired) electrons. The monoisotopic (exact) mass is 362 g/mol. The van der Waals surface area contributed by atoms with Crippen LogP contribution in [0, 0.1) is 0 Å². The molecule has 6 heteroatoms. The normalized spacial score (nSPS) is 19.4. The number of benzene rings is 1. The average Bonchev–Trinajstić information content (AvgIpc) is 2.49. The van der Waals surface area contributed by atoms with Crippen LogP contribution in [-0.4, -0.2) is 35.2 Å². The number of rotatable bonds is 5. The van der Waals surface area contributed by atoms with Crippen LogP contribution in [0.15, 0.2) is 24.3 Å². The number of thioether (sulfide) groups is 1. The van der Waals surface area contributed by atoms with Crippen LogP contribution in [0.5, 0.6) is 0 Å². The van der Waals surface area contributed by atoms with Crippen molar-refractivity contribution in [2.24, 2.45) is 5.73 Å². The van der Waals surface area contributed by atoms with Gasteiger partial charge >= 0.3 is 0 Å². The van der Waals surface area contributed by atoms with E-state index < -0.39 is 0 Å². The zero-order valence-corrected chi connectivity index (χ0v) is 15.2. The fourth-order valence-corrected chi connectivity index (χ4v) is 3.73. The molecule has 2 N–H and O–H groups in total. The Morgan fingerprint density at radius 1 is 1.41 bits per heavy atom. The average molecular weight is 363 g/mol. The first-order valence-electron chi connectivity index (χ1n) is 7.45. The predicted molar refractivity (Wildman–Crippen MR) is 97.9 cm³/mol. The second kappa shape index (κ2) is 9.66. The molecule has 2 rings (SSSR count). The van der Waals surface area contributed by atoms with Gasteiger partial charge in [-0.05, 0) is 43.9 Å². The molecule has 1 fully saturated rings. The lowest BCUT2D eigenvalue weighted by Gasteiger charge is -2.38. The lowest BCUT2D eigenvalue weighted by molar-refractivity contribution is -0.132. The minimum Gasteiger partial charge on any atom is -0.337 e. The number of carbonyl (C=O) groups is 1. The van der Waals surface area contributed by atoms with E-state index >= 15 is 0 Å². The van der Waals surface area contributed by atoms with E-state index in [1.54, 1.807) is 11.8 Å². The van der Waals surface area contributed by atoms with Crippen molar-refractivity contribution in [3.8, 4) is 0 Å². The summed E-state index contributed by atoms with van der Waals surface area (Å²) < 4.78 is 0. The summed E-state index contributed by atoms with van der Waals surface area (Å²) in [6, 6.07) is 8.04. The molecule has 2 atom stereocenters. The van der Waals surface area contributed by atoms with E-state index in [-0.39, 0.29) is 30.4 Å². The van der Waals surface area contributed by atoms with Gasteiger partial charge in [0.1, 0.15) is 0 Å². The molecule has 1 saturated heterocycles. The standard InChI is InChI=1S/C16H23ClN2OS.ClH/c1-12(18)15-4-2-3-9-19(15)16(20)11-21-10-13-5-7-14(17)8-6-13;/h5-8,12,15H,2-4,9-11,18H2,1H3;1H. The first-order valence-corrected chi connectivity index (χ1v) is 8.98. The molecular formula is C16H24Cl2N2OS. The molecule has 0 saturated carbocycles. The highest BCUT2D eigenvalue weighted by Gasteiger charge is 2.28. The van der Waals surface area contributed by atoms with Crippen molar-refractivity contribution in [3.05, 3.63) is 34.9 Å². The van der Waals surface area contributed by atoms with Crippen LogP contribution < -0.4 is 5.73 Å². The number of carbonyl (C=O) groups excluding carboxylic acids is 1. The Bertz CT molecular complexity index is 468. The first-order chi connectivity index (χ1) is 10.1. The molecule has 0 aliphatic carbocycles. The number of hydrogen-bond donors (Lipinski definition) is 1. The van der Waals surface area contributed by atoms with Gasteiger partial charge in [-0.25, -0.2) is 0 Å². The van der Waals surface area contributed by atoms with Crippen molar-refractivity contribution in [2.75, 3.05) is 12.3 Å². The van der Waals surface area contributed by atoms with Gasteiger partial charge in [-0.2, -0.15) is 0 Å². The molecule has 0 spiro atoms. The van der Waals surface area contributed by atoms with Gasteiger partial charge in [-0.15, -0.1) is 24.2 Å². The zero-order valence-electron chi connectivity index (χ0n) is 12.8. The smallest absolute Gasteiger partial charge is 0.232 e. The highest BCUT2D eigenvalue weighted by molar-refractivity contribution is 7.99. The maximum absolute atomic E-state index is 12.4. The van der Waals surface area contributed by atoms with Gasteiger partial charge in [0.2, 0.25) is 5.91 Å². The van der Waals surface area contributed by atoms with E-state index in [2.05, 4.69) is 0 Å². The molecule has 1 aliphatic rings. The third-order valence-electron chi connectivity index (χ3n) is 3.88. The Morgan fingerprint density at radius 3 is 2.73 bits per heavy atom. The molecule has 22 heavy (non-hydrogen) atoms.